The number of hydrogen-bond donors (Lipinski definition) is 0. The number of Topliss-reactive ketones (excluding diaryl/α,β-unsaturated/α-hetero) is 2. The van der Waals surface area contributed by atoms with Gasteiger partial charge in [0.1, 0.15) is 6.04 Å². The molecule has 0 radical (unpaired) electrons. The van der Waals surface area contributed by atoms with E-state index in [-0.39, 0.29) is 17.5 Å². The van der Waals surface area contributed by atoms with Crippen LogP contribution in [0, 0.1) is 17.3 Å². The van der Waals surface area contributed by atoms with Gasteiger partial charge in [0, 0.05) is 11.0 Å². The first-order valence-corrected chi connectivity index (χ1v) is 11.1. The molecule has 2 saturated heterocycles. The Labute approximate surface area is 192 Å². The molecule has 7 heteroatoms. The molecule has 4 atom stereocenters. The first kappa shape index (κ1) is 21.2. The molecule has 5 rings (SSSR count). The molecule has 2 amide bonds. The van der Waals surface area contributed by atoms with Gasteiger partial charge in [0.15, 0.2) is 11.6 Å². The molecule has 0 aromatic heterocycles. The zero-order valence-corrected chi connectivity index (χ0v) is 19.0. The van der Waals surface area contributed by atoms with Crippen LogP contribution < -0.4 is 4.90 Å². The van der Waals surface area contributed by atoms with Gasteiger partial charge in [-0.25, -0.2) is 4.90 Å². The van der Waals surface area contributed by atoms with E-state index in [0.29, 0.717) is 11.3 Å². The van der Waals surface area contributed by atoms with Crippen molar-refractivity contribution in [2.45, 2.75) is 39.8 Å². The van der Waals surface area contributed by atoms with Gasteiger partial charge >= 0.3 is 0 Å². The number of carbonyl (C=O) groups is 4. The zero-order chi connectivity index (χ0) is 23.7. The summed E-state index contributed by atoms with van der Waals surface area (Å²) in [6.07, 6.45) is 1.70. The Balaban J connectivity index is 1.63. The summed E-state index contributed by atoms with van der Waals surface area (Å²) in [5.74, 6) is -2.51. The van der Waals surface area contributed by atoms with Crippen molar-refractivity contribution in [3.63, 3.8) is 0 Å². The van der Waals surface area contributed by atoms with Crippen LogP contribution in [-0.2, 0) is 14.4 Å². The molecule has 7 nitrogen and oxygen atoms in total. The number of carbonyl (C=O) groups excluding carboxylic acids is 4. The average Bonchev–Trinajstić information content (AvgIpc) is 3.25. The summed E-state index contributed by atoms with van der Waals surface area (Å²) in [5, 5.41) is 6.23. The van der Waals surface area contributed by atoms with E-state index in [1.807, 2.05) is 45.0 Å². The predicted molar refractivity (Wildman–Crippen MR) is 123 cm³/mol. The second kappa shape index (κ2) is 7.20. The van der Waals surface area contributed by atoms with E-state index in [4.69, 9.17) is 0 Å². The van der Waals surface area contributed by atoms with Crippen molar-refractivity contribution < 1.29 is 19.2 Å². The van der Waals surface area contributed by atoms with Gasteiger partial charge in [0.2, 0.25) is 11.8 Å². The number of rotatable bonds is 3. The number of amides is 2. The normalized spacial score (nSPS) is 25.7. The van der Waals surface area contributed by atoms with E-state index < -0.39 is 35.2 Å². The van der Waals surface area contributed by atoms with Gasteiger partial charge in [-0.2, -0.15) is 5.10 Å². The van der Waals surface area contributed by atoms with E-state index in [2.05, 4.69) is 5.10 Å². The minimum atomic E-state index is -0.831. The van der Waals surface area contributed by atoms with Crippen molar-refractivity contribution in [1.29, 1.82) is 0 Å². The molecule has 3 aliphatic heterocycles. The molecule has 0 spiro atoms. The topological polar surface area (TPSA) is 87.1 Å². The Morgan fingerprint density at radius 2 is 1.55 bits per heavy atom. The Morgan fingerprint density at radius 3 is 2.18 bits per heavy atom. The standard InChI is InChI=1S/C26H25N3O4/c1-14(30)15-9-11-17(12-10-15)28-24(32)19-20(25(28)33)22(23(31)26(2,3)4)29-21(19)18-8-6-5-7-16(18)13-27-29/h5-13,19-22H,1-4H3. The van der Waals surface area contributed by atoms with Crippen molar-refractivity contribution in [1.82, 2.24) is 5.01 Å². The molecular weight excluding hydrogens is 418 g/mol. The third kappa shape index (κ3) is 3.06. The van der Waals surface area contributed by atoms with Crippen LogP contribution in [0.25, 0.3) is 0 Å². The maximum absolute atomic E-state index is 13.7. The van der Waals surface area contributed by atoms with Gasteiger partial charge in [-0.05, 0) is 42.3 Å². The highest BCUT2D eigenvalue weighted by molar-refractivity contribution is 6.24. The largest absolute Gasteiger partial charge is 0.297 e. The Kier molecular flexibility index (Phi) is 4.64. The van der Waals surface area contributed by atoms with E-state index in [0.717, 1.165) is 11.1 Å². The molecule has 2 aromatic rings. The van der Waals surface area contributed by atoms with Gasteiger partial charge in [-0.3, -0.25) is 24.2 Å². The Bertz CT molecular complexity index is 1220. The molecule has 2 fully saturated rings. The van der Waals surface area contributed by atoms with Crippen molar-refractivity contribution in [3.8, 4) is 0 Å². The molecule has 4 unspecified atom stereocenters. The van der Waals surface area contributed by atoms with Crippen LogP contribution in [0.1, 0.15) is 55.2 Å². The number of benzene rings is 2. The summed E-state index contributed by atoms with van der Waals surface area (Å²) in [5.41, 5.74) is 1.97. The summed E-state index contributed by atoms with van der Waals surface area (Å²) in [6.45, 7) is 6.92. The van der Waals surface area contributed by atoms with Crippen LogP contribution in [0.5, 0.6) is 0 Å². The fourth-order valence-corrected chi connectivity index (χ4v) is 5.21. The quantitative estimate of drug-likeness (QED) is 0.536. The predicted octanol–water partition coefficient (Wildman–Crippen LogP) is 3.38. The van der Waals surface area contributed by atoms with Crippen LogP contribution in [0.3, 0.4) is 0 Å². The van der Waals surface area contributed by atoms with Crippen LogP contribution in [0.15, 0.2) is 53.6 Å². The van der Waals surface area contributed by atoms with Gasteiger partial charge in [-0.1, -0.05) is 45.0 Å². The lowest BCUT2D eigenvalue weighted by Crippen LogP contribution is -2.48. The number of hydrogen-bond acceptors (Lipinski definition) is 6. The molecule has 3 aliphatic rings. The van der Waals surface area contributed by atoms with Gasteiger partial charge < -0.3 is 0 Å². The number of imide groups is 1. The molecule has 0 aliphatic carbocycles. The number of fused-ring (bicyclic) bond motifs is 5. The monoisotopic (exact) mass is 443 g/mol. The van der Waals surface area contributed by atoms with Crippen molar-refractivity contribution >= 4 is 35.3 Å². The molecule has 0 N–H and O–H groups in total. The molecule has 0 bridgehead atoms. The Morgan fingerprint density at radius 1 is 0.909 bits per heavy atom. The summed E-state index contributed by atoms with van der Waals surface area (Å²) in [7, 11) is 0. The maximum Gasteiger partial charge on any atom is 0.240 e. The third-order valence-corrected chi connectivity index (χ3v) is 6.83. The molecule has 2 aromatic carbocycles. The number of ketones is 2. The summed E-state index contributed by atoms with van der Waals surface area (Å²) < 4.78 is 0. The molecular formula is C26H25N3O4. The fraction of sp³-hybridized carbons (Fsp3) is 0.346. The van der Waals surface area contributed by atoms with Gasteiger partial charge in [-0.15, -0.1) is 0 Å². The highest BCUT2D eigenvalue weighted by atomic mass is 16.2. The van der Waals surface area contributed by atoms with E-state index in [1.54, 1.807) is 35.5 Å². The Hall–Kier alpha value is -3.61. The van der Waals surface area contributed by atoms with E-state index >= 15 is 0 Å². The lowest BCUT2D eigenvalue weighted by Gasteiger charge is -2.35. The zero-order valence-electron chi connectivity index (χ0n) is 19.0. The third-order valence-electron chi connectivity index (χ3n) is 6.83. The van der Waals surface area contributed by atoms with Crippen molar-refractivity contribution in [2.24, 2.45) is 22.4 Å². The van der Waals surface area contributed by atoms with Crippen LogP contribution in [-0.4, -0.2) is 40.6 Å². The first-order chi connectivity index (χ1) is 15.6. The van der Waals surface area contributed by atoms with Crippen LogP contribution in [0.4, 0.5) is 5.69 Å². The minimum absolute atomic E-state index is 0.0966. The lowest BCUT2D eigenvalue weighted by molar-refractivity contribution is -0.136. The summed E-state index contributed by atoms with van der Waals surface area (Å²) >= 11 is 0. The smallest absolute Gasteiger partial charge is 0.240 e. The molecule has 0 saturated carbocycles. The van der Waals surface area contributed by atoms with Crippen molar-refractivity contribution in [2.75, 3.05) is 4.90 Å². The van der Waals surface area contributed by atoms with Gasteiger partial charge in [0.05, 0.1) is 29.8 Å². The lowest BCUT2D eigenvalue weighted by atomic mass is 9.79. The number of anilines is 1. The fourth-order valence-electron chi connectivity index (χ4n) is 5.21. The van der Waals surface area contributed by atoms with Crippen molar-refractivity contribution in [3.05, 3.63) is 65.2 Å². The highest BCUT2D eigenvalue weighted by Crippen LogP contribution is 2.53. The van der Waals surface area contributed by atoms with E-state index in [1.165, 1.54) is 11.8 Å². The first-order valence-electron chi connectivity index (χ1n) is 11.1. The molecule has 33 heavy (non-hydrogen) atoms. The van der Waals surface area contributed by atoms with Gasteiger partial charge in [0.25, 0.3) is 0 Å². The minimum Gasteiger partial charge on any atom is -0.297 e. The van der Waals surface area contributed by atoms with Crippen LogP contribution in [0.2, 0.25) is 0 Å². The number of nitrogens with zero attached hydrogens (tertiary/aromatic N) is 3. The second-order valence-corrected chi connectivity index (χ2v) is 9.92. The summed E-state index contributed by atoms with van der Waals surface area (Å²) in [4.78, 5) is 53.9. The second-order valence-electron chi connectivity index (χ2n) is 9.92. The summed E-state index contributed by atoms with van der Waals surface area (Å²) in [6, 6.07) is 12.8. The van der Waals surface area contributed by atoms with Crippen LogP contribution >= 0.6 is 0 Å². The average molecular weight is 444 g/mol. The number of hydrazone groups is 1. The maximum atomic E-state index is 13.7. The SMILES string of the molecule is CC(=O)c1ccc(N2C(=O)C3C(C2=O)C2c4ccccc4C=NN2C3C(=O)C(C)(C)C)cc1. The highest BCUT2D eigenvalue weighted by Gasteiger charge is 2.66. The van der Waals surface area contributed by atoms with E-state index in [9.17, 15) is 19.2 Å². The molecule has 3 heterocycles. The molecule has 168 valence electrons.